The number of amides is 1. The molecule has 2 fully saturated rings. The first-order valence-corrected chi connectivity index (χ1v) is 10.1. The smallest absolute Gasteiger partial charge is 0.273 e. The second-order valence-corrected chi connectivity index (χ2v) is 8.04. The Labute approximate surface area is 160 Å². The zero-order valence-corrected chi connectivity index (χ0v) is 16.2. The predicted octanol–water partition coefficient (Wildman–Crippen LogP) is 2.90. The van der Waals surface area contributed by atoms with E-state index < -0.39 is 0 Å². The first-order chi connectivity index (χ1) is 13.1. The van der Waals surface area contributed by atoms with Crippen molar-refractivity contribution in [2.24, 2.45) is 0 Å². The molecule has 1 aliphatic heterocycles. The number of piperidine rings is 1. The van der Waals surface area contributed by atoms with Gasteiger partial charge in [-0.05, 0) is 57.7 Å². The number of hydrogen-bond acceptors (Lipinski definition) is 5. The van der Waals surface area contributed by atoms with Crippen molar-refractivity contribution in [2.75, 3.05) is 19.6 Å². The molecule has 0 spiro atoms. The van der Waals surface area contributed by atoms with Crippen LogP contribution in [-0.4, -0.2) is 51.5 Å². The van der Waals surface area contributed by atoms with Crippen LogP contribution in [0.25, 0.3) is 0 Å². The molecular weight excluding hydrogens is 342 g/mol. The van der Waals surface area contributed by atoms with Gasteiger partial charge in [0.1, 0.15) is 11.5 Å². The van der Waals surface area contributed by atoms with E-state index in [1.165, 1.54) is 0 Å². The fraction of sp³-hybridized carbons (Fsp3) is 0.650. The fourth-order valence-electron chi connectivity index (χ4n) is 3.69. The van der Waals surface area contributed by atoms with Crippen molar-refractivity contribution >= 4 is 5.91 Å². The van der Waals surface area contributed by atoms with Crippen molar-refractivity contribution in [1.82, 2.24) is 25.2 Å². The van der Waals surface area contributed by atoms with E-state index in [-0.39, 0.29) is 5.91 Å². The summed E-state index contributed by atoms with van der Waals surface area (Å²) in [5.74, 6) is 2.42. The summed E-state index contributed by atoms with van der Waals surface area (Å²) in [7, 11) is 0. The van der Waals surface area contributed by atoms with Gasteiger partial charge in [0.15, 0.2) is 5.69 Å². The van der Waals surface area contributed by atoms with Gasteiger partial charge in [-0.3, -0.25) is 4.79 Å². The molecule has 2 aliphatic rings. The van der Waals surface area contributed by atoms with Crippen LogP contribution in [0.5, 0.6) is 0 Å². The van der Waals surface area contributed by atoms with E-state index in [4.69, 9.17) is 4.42 Å². The van der Waals surface area contributed by atoms with Gasteiger partial charge in [-0.2, -0.15) is 0 Å². The number of nitrogens with one attached hydrogen (secondary N) is 1. The summed E-state index contributed by atoms with van der Waals surface area (Å²) in [6.45, 7) is 7.41. The Morgan fingerprint density at radius 2 is 2.07 bits per heavy atom. The van der Waals surface area contributed by atoms with E-state index in [1.807, 2.05) is 17.7 Å². The van der Waals surface area contributed by atoms with Crippen molar-refractivity contribution in [2.45, 2.75) is 64.0 Å². The molecule has 4 rings (SSSR count). The predicted molar refractivity (Wildman–Crippen MR) is 102 cm³/mol. The summed E-state index contributed by atoms with van der Waals surface area (Å²) in [5, 5.41) is 11.2. The molecule has 3 heterocycles. The maximum Gasteiger partial charge on any atom is 0.273 e. The number of nitrogens with zero attached hydrogens (tertiary/aromatic N) is 4. The van der Waals surface area contributed by atoms with E-state index in [2.05, 4.69) is 33.5 Å². The molecule has 1 aliphatic carbocycles. The van der Waals surface area contributed by atoms with Crippen LogP contribution < -0.4 is 5.32 Å². The van der Waals surface area contributed by atoms with Crippen LogP contribution in [0.4, 0.5) is 0 Å². The standard InChI is InChI=1S/C20H29N5O2/c1-14(19-6-3-15(2)27-19)7-10-24-11-8-17(9-12-24)25-13-18(22-23-25)20(26)21-16-4-5-16/h3,6,13-14,16-17H,4-5,7-12H2,1-2H3,(H,21,26). The van der Waals surface area contributed by atoms with Gasteiger partial charge >= 0.3 is 0 Å². The molecule has 1 N–H and O–H groups in total. The summed E-state index contributed by atoms with van der Waals surface area (Å²) >= 11 is 0. The lowest BCUT2D eigenvalue weighted by molar-refractivity contribution is 0.0946. The minimum absolute atomic E-state index is 0.0941. The van der Waals surface area contributed by atoms with Gasteiger partial charge in [-0.15, -0.1) is 5.10 Å². The molecule has 0 radical (unpaired) electrons. The molecule has 27 heavy (non-hydrogen) atoms. The first kappa shape index (κ1) is 18.2. The molecule has 2 aromatic rings. The third-order valence-electron chi connectivity index (χ3n) is 5.71. The molecule has 1 amide bonds. The monoisotopic (exact) mass is 371 g/mol. The van der Waals surface area contributed by atoms with Crippen LogP contribution >= 0.6 is 0 Å². The van der Waals surface area contributed by atoms with Crippen LogP contribution in [-0.2, 0) is 0 Å². The van der Waals surface area contributed by atoms with E-state index in [0.29, 0.717) is 23.7 Å². The van der Waals surface area contributed by atoms with E-state index in [9.17, 15) is 4.79 Å². The Hall–Kier alpha value is -2.15. The Morgan fingerprint density at radius 1 is 1.30 bits per heavy atom. The second kappa shape index (κ2) is 7.84. The highest BCUT2D eigenvalue weighted by molar-refractivity contribution is 5.92. The second-order valence-electron chi connectivity index (χ2n) is 8.04. The zero-order valence-electron chi connectivity index (χ0n) is 16.2. The number of rotatable bonds is 7. The van der Waals surface area contributed by atoms with Crippen LogP contribution in [0.15, 0.2) is 22.7 Å². The van der Waals surface area contributed by atoms with Crippen molar-refractivity contribution < 1.29 is 9.21 Å². The largest absolute Gasteiger partial charge is 0.466 e. The highest BCUT2D eigenvalue weighted by atomic mass is 16.3. The highest BCUT2D eigenvalue weighted by Crippen LogP contribution is 2.25. The van der Waals surface area contributed by atoms with Crippen LogP contribution in [0.2, 0.25) is 0 Å². The lowest BCUT2D eigenvalue weighted by Crippen LogP contribution is -2.35. The number of furan rings is 1. The zero-order chi connectivity index (χ0) is 18.8. The third kappa shape index (κ3) is 4.58. The minimum Gasteiger partial charge on any atom is -0.466 e. The first-order valence-electron chi connectivity index (χ1n) is 10.1. The molecule has 1 unspecified atom stereocenters. The molecule has 0 aromatic carbocycles. The third-order valence-corrected chi connectivity index (χ3v) is 5.71. The van der Waals surface area contributed by atoms with E-state index >= 15 is 0 Å². The van der Waals surface area contributed by atoms with Crippen LogP contribution in [0, 0.1) is 6.92 Å². The normalized spacial score (nSPS) is 19.9. The van der Waals surface area contributed by atoms with Gasteiger partial charge in [-0.1, -0.05) is 12.1 Å². The molecule has 7 heteroatoms. The molecule has 1 saturated carbocycles. The Bertz CT molecular complexity index is 771. The van der Waals surface area contributed by atoms with Crippen LogP contribution in [0.3, 0.4) is 0 Å². The molecule has 2 aromatic heterocycles. The van der Waals surface area contributed by atoms with Gasteiger partial charge in [-0.25, -0.2) is 4.68 Å². The molecular formula is C20H29N5O2. The summed E-state index contributed by atoms with van der Waals surface area (Å²) in [6.07, 6.45) is 7.15. The number of carbonyl (C=O) groups is 1. The molecule has 0 bridgehead atoms. The molecule has 146 valence electrons. The Kier molecular flexibility index (Phi) is 5.29. The summed E-state index contributed by atoms with van der Waals surface area (Å²) in [4.78, 5) is 14.6. The number of likely N-dealkylation sites (tertiary alicyclic amines) is 1. The van der Waals surface area contributed by atoms with Gasteiger partial charge < -0.3 is 14.6 Å². The number of carbonyl (C=O) groups excluding carboxylic acids is 1. The van der Waals surface area contributed by atoms with Gasteiger partial charge in [0.25, 0.3) is 5.91 Å². The van der Waals surface area contributed by atoms with Crippen molar-refractivity contribution in [1.29, 1.82) is 0 Å². The quantitative estimate of drug-likeness (QED) is 0.810. The van der Waals surface area contributed by atoms with Gasteiger partial charge in [0, 0.05) is 25.0 Å². The van der Waals surface area contributed by atoms with Crippen molar-refractivity contribution in [3.05, 3.63) is 35.5 Å². The summed E-state index contributed by atoms with van der Waals surface area (Å²) in [5.41, 5.74) is 0.437. The number of aromatic nitrogens is 3. The summed E-state index contributed by atoms with van der Waals surface area (Å²) < 4.78 is 7.62. The lowest BCUT2D eigenvalue weighted by atomic mass is 10.0. The average molecular weight is 371 g/mol. The lowest BCUT2D eigenvalue weighted by Gasteiger charge is -2.32. The SMILES string of the molecule is Cc1ccc(C(C)CCN2CCC(n3cc(C(=O)NC4CC4)nn3)CC2)o1. The molecule has 1 saturated heterocycles. The minimum atomic E-state index is -0.0941. The number of hydrogen-bond donors (Lipinski definition) is 1. The van der Waals surface area contributed by atoms with Gasteiger partial charge in [0.05, 0.1) is 12.2 Å². The Balaban J connectivity index is 1.23. The van der Waals surface area contributed by atoms with Crippen molar-refractivity contribution in [3.8, 4) is 0 Å². The fourth-order valence-corrected chi connectivity index (χ4v) is 3.69. The number of aryl methyl sites for hydroxylation is 1. The van der Waals surface area contributed by atoms with Crippen LogP contribution in [0.1, 0.15) is 73.0 Å². The van der Waals surface area contributed by atoms with Crippen molar-refractivity contribution in [3.63, 3.8) is 0 Å². The van der Waals surface area contributed by atoms with Gasteiger partial charge in [0.2, 0.25) is 0 Å². The summed E-state index contributed by atoms with van der Waals surface area (Å²) in [6, 6.07) is 4.81. The Morgan fingerprint density at radius 3 is 2.74 bits per heavy atom. The molecule has 7 nitrogen and oxygen atoms in total. The highest BCUT2D eigenvalue weighted by Gasteiger charge is 2.26. The maximum absolute atomic E-state index is 12.1. The average Bonchev–Trinajstić information content (AvgIpc) is 3.17. The molecule has 1 atom stereocenters. The maximum atomic E-state index is 12.1. The van der Waals surface area contributed by atoms with E-state index in [1.54, 1.807) is 6.20 Å². The topological polar surface area (TPSA) is 76.2 Å². The van der Waals surface area contributed by atoms with E-state index in [0.717, 1.165) is 63.3 Å².